The largest absolute Gasteiger partial charge is 0.496 e. The Morgan fingerprint density at radius 1 is 1.40 bits per heavy atom. The highest BCUT2D eigenvalue weighted by molar-refractivity contribution is 9.10. The lowest BCUT2D eigenvalue weighted by Gasteiger charge is -2.11. The van der Waals surface area contributed by atoms with Crippen LogP contribution in [-0.2, 0) is 6.54 Å². The molecule has 20 heavy (non-hydrogen) atoms. The number of hydrogen-bond donors (Lipinski definition) is 2. The molecule has 0 heterocycles. The molecule has 0 atom stereocenters. The predicted molar refractivity (Wildman–Crippen MR) is 86.2 cm³/mol. The van der Waals surface area contributed by atoms with Crippen LogP contribution in [0, 0.1) is 5.92 Å². The molecule has 0 amide bonds. The highest BCUT2D eigenvalue weighted by Gasteiger charge is 2.20. The number of guanidine groups is 1. The predicted octanol–water partition coefficient (Wildman–Crippen LogP) is 2.92. The third kappa shape index (κ3) is 4.71. The van der Waals surface area contributed by atoms with Crippen LogP contribution in [0.15, 0.2) is 27.7 Å². The molecule has 0 spiro atoms. The molecule has 1 aliphatic carbocycles. The van der Waals surface area contributed by atoms with E-state index in [9.17, 15) is 0 Å². The zero-order valence-corrected chi connectivity index (χ0v) is 13.7. The molecule has 0 saturated heterocycles. The molecule has 1 aromatic carbocycles. The van der Waals surface area contributed by atoms with Gasteiger partial charge >= 0.3 is 0 Å². The van der Waals surface area contributed by atoms with Crippen LogP contribution in [0.25, 0.3) is 0 Å². The average molecular weight is 340 g/mol. The van der Waals surface area contributed by atoms with E-state index in [1.165, 1.54) is 12.8 Å². The van der Waals surface area contributed by atoms with Crippen LogP contribution in [0.4, 0.5) is 0 Å². The van der Waals surface area contributed by atoms with Crippen molar-refractivity contribution in [3.05, 3.63) is 28.2 Å². The Kier molecular flexibility index (Phi) is 5.71. The van der Waals surface area contributed by atoms with Gasteiger partial charge in [-0.15, -0.1) is 0 Å². The van der Waals surface area contributed by atoms with E-state index in [1.54, 1.807) is 7.11 Å². The number of halogens is 1. The summed E-state index contributed by atoms with van der Waals surface area (Å²) in [5.41, 5.74) is 1.15. The average Bonchev–Trinajstić information content (AvgIpc) is 3.26. The SMILES string of the molecule is CCNC(=NCc1ccc(OC)c(Br)c1)NCC1CC1. The first kappa shape index (κ1) is 15.2. The van der Waals surface area contributed by atoms with Gasteiger partial charge in [0.25, 0.3) is 0 Å². The van der Waals surface area contributed by atoms with E-state index >= 15 is 0 Å². The molecule has 110 valence electrons. The Morgan fingerprint density at radius 2 is 2.20 bits per heavy atom. The summed E-state index contributed by atoms with van der Waals surface area (Å²) in [6, 6.07) is 6.05. The molecule has 1 fully saturated rings. The summed E-state index contributed by atoms with van der Waals surface area (Å²) in [7, 11) is 1.67. The minimum atomic E-state index is 0.655. The smallest absolute Gasteiger partial charge is 0.191 e. The Labute approximate surface area is 129 Å². The summed E-state index contributed by atoms with van der Waals surface area (Å²) < 4.78 is 6.19. The second-order valence-corrected chi connectivity index (χ2v) is 5.84. The van der Waals surface area contributed by atoms with Crippen LogP contribution in [0.1, 0.15) is 25.3 Å². The summed E-state index contributed by atoms with van der Waals surface area (Å²) in [6.07, 6.45) is 2.69. The Hall–Kier alpha value is -1.23. The highest BCUT2D eigenvalue weighted by Crippen LogP contribution is 2.27. The van der Waals surface area contributed by atoms with Crippen molar-refractivity contribution in [2.45, 2.75) is 26.3 Å². The van der Waals surface area contributed by atoms with Gasteiger partial charge in [0.2, 0.25) is 0 Å². The van der Waals surface area contributed by atoms with Crippen molar-refractivity contribution in [2.75, 3.05) is 20.2 Å². The van der Waals surface area contributed by atoms with Gasteiger partial charge in [0.05, 0.1) is 18.1 Å². The Bertz CT molecular complexity index is 472. The van der Waals surface area contributed by atoms with Crippen molar-refractivity contribution in [1.82, 2.24) is 10.6 Å². The van der Waals surface area contributed by atoms with Gasteiger partial charge in [0, 0.05) is 13.1 Å². The summed E-state index contributed by atoms with van der Waals surface area (Å²) in [6.45, 7) is 4.64. The van der Waals surface area contributed by atoms with Gasteiger partial charge in [0.1, 0.15) is 5.75 Å². The molecule has 1 saturated carbocycles. The van der Waals surface area contributed by atoms with Crippen LogP contribution in [0.2, 0.25) is 0 Å². The first-order chi connectivity index (χ1) is 9.72. The Morgan fingerprint density at radius 3 is 2.80 bits per heavy atom. The number of nitrogens with zero attached hydrogens (tertiary/aromatic N) is 1. The molecular weight excluding hydrogens is 318 g/mol. The minimum absolute atomic E-state index is 0.655. The molecule has 1 aliphatic rings. The van der Waals surface area contributed by atoms with Gasteiger partial charge < -0.3 is 15.4 Å². The van der Waals surface area contributed by atoms with Gasteiger partial charge in [-0.05, 0) is 59.3 Å². The van der Waals surface area contributed by atoms with E-state index in [1.807, 2.05) is 18.2 Å². The number of rotatable bonds is 6. The van der Waals surface area contributed by atoms with Crippen molar-refractivity contribution >= 4 is 21.9 Å². The molecule has 2 N–H and O–H groups in total. The molecule has 0 aliphatic heterocycles. The molecule has 0 aromatic heterocycles. The minimum Gasteiger partial charge on any atom is -0.496 e. The maximum Gasteiger partial charge on any atom is 0.191 e. The van der Waals surface area contributed by atoms with E-state index in [-0.39, 0.29) is 0 Å². The van der Waals surface area contributed by atoms with Crippen LogP contribution in [-0.4, -0.2) is 26.2 Å². The molecule has 1 aromatic rings. The van der Waals surface area contributed by atoms with Crippen LogP contribution in [0.5, 0.6) is 5.75 Å². The maximum atomic E-state index is 5.23. The normalized spacial score (nSPS) is 15.1. The topological polar surface area (TPSA) is 45.7 Å². The van der Waals surface area contributed by atoms with Crippen molar-refractivity contribution in [3.8, 4) is 5.75 Å². The second kappa shape index (κ2) is 7.53. The fourth-order valence-electron chi connectivity index (χ4n) is 1.88. The standard InChI is InChI=1S/C15H22BrN3O/c1-3-17-15(18-9-11-4-5-11)19-10-12-6-7-14(20-2)13(16)8-12/h6-8,11H,3-5,9-10H2,1-2H3,(H2,17,18,19). The molecule has 0 unspecified atom stereocenters. The van der Waals surface area contributed by atoms with Gasteiger partial charge in [-0.2, -0.15) is 0 Å². The van der Waals surface area contributed by atoms with E-state index in [0.717, 1.165) is 40.8 Å². The zero-order valence-electron chi connectivity index (χ0n) is 12.1. The lowest BCUT2D eigenvalue weighted by molar-refractivity contribution is 0.412. The summed E-state index contributed by atoms with van der Waals surface area (Å²) in [4.78, 5) is 4.61. The number of hydrogen-bond acceptors (Lipinski definition) is 2. The second-order valence-electron chi connectivity index (χ2n) is 4.99. The molecule has 0 radical (unpaired) electrons. The maximum absolute atomic E-state index is 5.23. The van der Waals surface area contributed by atoms with E-state index in [0.29, 0.717) is 6.54 Å². The number of aliphatic imine (C=N–C) groups is 1. The molecule has 5 heteroatoms. The van der Waals surface area contributed by atoms with Crippen molar-refractivity contribution in [2.24, 2.45) is 10.9 Å². The van der Waals surface area contributed by atoms with E-state index < -0.39 is 0 Å². The van der Waals surface area contributed by atoms with Crippen molar-refractivity contribution < 1.29 is 4.74 Å². The van der Waals surface area contributed by atoms with Crippen LogP contribution < -0.4 is 15.4 Å². The number of nitrogens with one attached hydrogen (secondary N) is 2. The number of benzene rings is 1. The van der Waals surface area contributed by atoms with Gasteiger partial charge in [-0.1, -0.05) is 6.07 Å². The zero-order chi connectivity index (χ0) is 14.4. The van der Waals surface area contributed by atoms with Crippen LogP contribution >= 0.6 is 15.9 Å². The van der Waals surface area contributed by atoms with E-state index in [2.05, 4.69) is 38.5 Å². The van der Waals surface area contributed by atoms with Gasteiger partial charge in [-0.25, -0.2) is 4.99 Å². The first-order valence-corrected chi connectivity index (χ1v) is 7.86. The van der Waals surface area contributed by atoms with Crippen LogP contribution in [0.3, 0.4) is 0 Å². The van der Waals surface area contributed by atoms with Crippen molar-refractivity contribution in [3.63, 3.8) is 0 Å². The quantitative estimate of drug-likeness (QED) is 0.618. The third-order valence-corrected chi connectivity index (χ3v) is 3.85. The highest BCUT2D eigenvalue weighted by atomic mass is 79.9. The molecule has 0 bridgehead atoms. The van der Waals surface area contributed by atoms with Gasteiger partial charge in [0.15, 0.2) is 5.96 Å². The molecular formula is C15H22BrN3O. The number of methoxy groups -OCH3 is 1. The lowest BCUT2D eigenvalue weighted by Crippen LogP contribution is -2.38. The third-order valence-electron chi connectivity index (χ3n) is 3.24. The fraction of sp³-hybridized carbons (Fsp3) is 0.533. The summed E-state index contributed by atoms with van der Waals surface area (Å²) in [5, 5.41) is 6.67. The monoisotopic (exact) mass is 339 g/mol. The Balaban J connectivity index is 1.94. The fourth-order valence-corrected chi connectivity index (χ4v) is 2.47. The summed E-state index contributed by atoms with van der Waals surface area (Å²) in [5.74, 6) is 2.58. The molecule has 2 rings (SSSR count). The number of ether oxygens (including phenoxy) is 1. The van der Waals surface area contributed by atoms with E-state index in [4.69, 9.17) is 4.74 Å². The van der Waals surface area contributed by atoms with Gasteiger partial charge in [-0.3, -0.25) is 0 Å². The lowest BCUT2D eigenvalue weighted by atomic mass is 10.2. The first-order valence-electron chi connectivity index (χ1n) is 7.07. The molecule has 4 nitrogen and oxygen atoms in total. The summed E-state index contributed by atoms with van der Waals surface area (Å²) >= 11 is 3.50. The van der Waals surface area contributed by atoms with Crippen molar-refractivity contribution in [1.29, 1.82) is 0 Å².